The molecule has 0 saturated carbocycles. The summed E-state index contributed by atoms with van der Waals surface area (Å²) in [5.74, 6) is 0.517. The van der Waals surface area contributed by atoms with Gasteiger partial charge in [0.15, 0.2) is 0 Å². The second kappa shape index (κ2) is 6.81. The van der Waals surface area contributed by atoms with Gasteiger partial charge in [-0.25, -0.2) is 0 Å². The average Bonchev–Trinajstić information content (AvgIpc) is 3.30. The van der Waals surface area contributed by atoms with Crippen LogP contribution in [0.5, 0.6) is 5.75 Å². The summed E-state index contributed by atoms with van der Waals surface area (Å²) in [6, 6.07) is 6.99. The molecule has 1 aliphatic rings. The summed E-state index contributed by atoms with van der Waals surface area (Å²) in [7, 11) is 0. The highest BCUT2D eigenvalue weighted by molar-refractivity contribution is 5.90. The van der Waals surface area contributed by atoms with Crippen molar-refractivity contribution in [2.45, 2.75) is 25.7 Å². The summed E-state index contributed by atoms with van der Waals surface area (Å²) in [6.07, 6.45) is -0.756. The van der Waals surface area contributed by atoms with Crippen LogP contribution in [0, 0.1) is 5.92 Å². The van der Waals surface area contributed by atoms with Crippen molar-refractivity contribution in [3.05, 3.63) is 42.9 Å². The summed E-state index contributed by atoms with van der Waals surface area (Å²) in [4.78, 5) is 15.8. The third-order valence-corrected chi connectivity index (χ3v) is 4.84. The van der Waals surface area contributed by atoms with E-state index in [1.807, 2.05) is 13.0 Å². The molecule has 1 saturated heterocycles. The van der Waals surface area contributed by atoms with Crippen molar-refractivity contribution < 1.29 is 22.7 Å². The molecule has 1 aliphatic heterocycles. The molecule has 1 N–H and O–H groups in total. The van der Waals surface area contributed by atoms with Crippen molar-refractivity contribution in [1.29, 1.82) is 0 Å². The summed E-state index contributed by atoms with van der Waals surface area (Å²) in [5.41, 5.74) is 1.42. The number of halogens is 3. The van der Waals surface area contributed by atoms with E-state index in [4.69, 9.17) is 4.74 Å². The molecule has 3 aromatic rings. The Bertz CT molecular complexity index is 1030. The molecule has 1 aromatic carbocycles. The minimum atomic E-state index is -4.58. The van der Waals surface area contributed by atoms with E-state index in [1.54, 1.807) is 24.4 Å². The normalized spacial score (nSPS) is 18.3. The number of fused-ring (bicyclic) bond motifs is 1. The molecule has 2 aromatic heterocycles. The summed E-state index contributed by atoms with van der Waals surface area (Å²) in [5, 5.41) is 6.92. The van der Waals surface area contributed by atoms with Gasteiger partial charge in [-0.15, -0.1) is 13.2 Å². The molecular formula is C19H17F3N4O2. The molecule has 1 fully saturated rings. The number of carbonyl (C=O) groups is 1. The average molecular weight is 390 g/mol. The van der Waals surface area contributed by atoms with Crippen molar-refractivity contribution in [2.75, 3.05) is 6.54 Å². The molecule has 0 bridgehead atoms. The summed E-state index contributed by atoms with van der Waals surface area (Å²) in [6.45, 7) is 2.41. The van der Waals surface area contributed by atoms with Crippen LogP contribution in [0.25, 0.3) is 22.0 Å². The Labute approximate surface area is 158 Å². The lowest BCUT2D eigenvalue weighted by Crippen LogP contribution is -2.25. The minimum absolute atomic E-state index is 0.0136. The van der Waals surface area contributed by atoms with Crippen LogP contribution in [0.3, 0.4) is 0 Å². The van der Waals surface area contributed by atoms with Crippen molar-refractivity contribution in [1.82, 2.24) is 20.1 Å². The first-order valence-electron chi connectivity index (χ1n) is 8.75. The Balaban J connectivity index is 1.71. The molecule has 3 heterocycles. The maximum atomic E-state index is 12.9. The van der Waals surface area contributed by atoms with Crippen molar-refractivity contribution in [2.24, 2.45) is 5.92 Å². The first-order chi connectivity index (χ1) is 13.3. The second-order valence-corrected chi connectivity index (χ2v) is 6.78. The smallest absolute Gasteiger partial charge is 0.490 e. The van der Waals surface area contributed by atoms with E-state index in [9.17, 15) is 18.0 Å². The molecule has 0 radical (unpaired) electrons. The second-order valence-electron chi connectivity index (χ2n) is 6.78. The fraction of sp³-hybridized carbons (Fsp3) is 0.316. The number of ether oxygens (including phenoxy) is 1. The molecule has 0 aliphatic carbocycles. The van der Waals surface area contributed by atoms with Gasteiger partial charge in [0.05, 0.1) is 11.7 Å². The Morgan fingerprint density at radius 1 is 1.32 bits per heavy atom. The van der Waals surface area contributed by atoms with Gasteiger partial charge in [0.1, 0.15) is 11.9 Å². The molecule has 0 unspecified atom stereocenters. The van der Waals surface area contributed by atoms with E-state index in [2.05, 4.69) is 15.4 Å². The predicted octanol–water partition coefficient (Wildman–Crippen LogP) is 3.48. The SMILES string of the molecule is C[C@H](Oc1cc(-c2cnn(C(F)(F)F)c2)cc2ncccc12)[C@H]1CNC(=O)C1. The Kier molecular flexibility index (Phi) is 4.44. The molecule has 9 heteroatoms. The van der Waals surface area contributed by atoms with Gasteiger partial charge < -0.3 is 10.1 Å². The van der Waals surface area contributed by atoms with Gasteiger partial charge in [0.25, 0.3) is 0 Å². The van der Waals surface area contributed by atoms with Gasteiger partial charge in [-0.2, -0.15) is 9.78 Å². The minimum Gasteiger partial charge on any atom is -0.490 e. The molecule has 146 valence electrons. The predicted molar refractivity (Wildman–Crippen MR) is 95.5 cm³/mol. The van der Waals surface area contributed by atoms with Crippen LogP contribution in [-0.2, 0) is 11.1 Å². The maximum Gasteiger partial charge on any atom is 0.504 e. The number of rotatable bonds is 4. The number of amides is 1. The molecule has 2 atom stereocenters. The van der Waals surface area contributed by atoms with Crippen LogP contribution >= 0.6 is 0 Å². The van der Waals surface area contributed by atoms with Gasteiger partial charge in [-0.05, 0) is 36.8 Å². The maximum absolute atomic E-state index is 12.9. The number of pyridine rings is 1. The zero-order valence-electron chi connectivity index (χ0n) is 14.9. The fourth-order valence-corrected chi connectivity index (χ4v) is 3.28. The van der Waals surface area contributed by atoms with Crippen LogP contribution in [0.4, 0.5) is 13.2 Å². The van der Waals surface area contributed by atoms with Crippen LogP contribution in [0.2, 0.25) is 0 Å². The highest BCUT2D eigenvalue weighted by Gasteiger charge is 2.32. The number of aromatic nitrogens is 3. The molecular weight excluding hydrogens is 373 g/mol. The number of nitrogens with one attached hydrogen (secondary N) is 1. The number of nitrogens with zero attached hydrogens (tertiary/aromatic N) is 3. The molecule has 6 nitrogen and oxygen atoms in total. The van der Waals surface area contributed by atoms with Crippen molar-refractivity contribution >= 4 is 16.8 Å². The van der Waals surface area contributed by atoms with Gasteiger partial charge in [0.2, 0.25) is 5.91 Å². The van der Waals surface area contributed by atoms with Gasteiger partial charge in [-0.3, -0.25) is 9.78 Å². The quantitative estimate of drug-likeness (QED) is 0.741. The molecule has 4 rings (SSSR count). The number of carbonyl (C=O) groups excluding carboxylic acids is 1. The van der Waals surface area contributed by atoms with Crippen LogP contribution in [0.15, 0.2) is 42.9 Å². The lowest BCUT2D eigenvalue weighted by Gasteiger charge is -2.21. The van der Waals surface area contributed by atoms with Gasteiger partial charge >= 0.3 is 6.30 Å². The van der Waals surface area contributed by atoms with E-state index < -0.39 is 6.30 Å². The third kappa shape index (κ3) is 3.51. The van der Waals surface area contributed by atoms with E-state index in [1.165, 1.54) is 0 Å². The van der Waals surface area contributed by atoms with Crippen molar-refractivity contribution in [3.8, 4) is 16.9 Å². The first-order valence-corrected chi connectivity index (χ1v) is 8.75. The van der Waals surface area contributed by atoms with Gasteiger partial charge in [-0.1, -0.05) is 0 Å². The highest BCUT2D eigenvalue weighted by atomic mass is 19.4. The highest BCUT2D eigenvalue weighted by Crippen LogP contribution is 2.34. The Hall–Kier alpha value is -3.10. The van der Waals surface area contributed by atoms with E-state index in [0.717, 1.165) is 17.8 Å². The standard InChI is InChI=1S/C19H17F3N4O2/c1-11(13-7-18(27)24-8-13)28-17-6-12(5-16-15(17)3-2-4-23-16)14-9-25-26(10-14)19(20,21)22/h2-6,9-11,13H,7-8H2,1H3,(H,24,27)/t11-,13+/m0/s1. The van der Waals surface area contributed by atoms with E-state index in [-0.39, 0.29) is 22.6 Å². The Morgan fingerprint density at radius 2 is 2.14 bits per heavy atom. The molecule has 1 amide bonds. The molecule has 28 heavy (non-hydrogen) atoms. The first kappa shape index (κ1) is 18.3. The van der Waals surface area contributed by atoms with Gasteiger partial charge in [0, 0.05) is 42.2 Å². The summed E-state index contributed by atoms with van der Waals surface area (Å²) < 4.78 is 44.6. The van der Waals surface area contributed by atoms with Crippen LogP contribution in [-0.4, -0.2) is 33.3 Å². The van der Waals surface area contributed by atoms with Crippen molar-refractivity contribution in [3.63, 3.8) is 0 Å². The third-order valence-electron chi connectivity index (χ3n) is 4.84. The van der Waals surface area contributed by atoms with Crippen LogP contribution in [0.1, 0.15) is 13.3 Å². The van der Waals surface area contributed by atoms with E-state index in [0.29, 0.717) is 35.4 Å². The van der Waals surface area contributed by atoms with Crippen LogP contribution < -0.4 is 10.1 Å². The lowest BCUT2D eigenvalue weighted by molar-refractivity contribution is -0.212. The fourth-order valence-electron chi connectivity index (χ4n) is 3.28. The topological polar surface area (TPSA) is 69.0 Å². The largest absolute Gasteiger partial charge is 0.504 e. The van der Waals surface area contributed by atoms with E-state index >= 15 is 0 Å². The summed E-state index contributed by atoms with van der Waals surface area (Å²) >= 11 is 0. The number of hydrogen-bond donors (Lipinski definition) is 1. The Morgan fingerprint density at radius 3 is 2.82 bits per heavy atom. The number of hydrogen-bond acceptors (Lipinski definition) is 4. The zero-order chi connectivity index (χ0) is 19.9. The number of alkyl halides is 3. The number of benzene rings is 1. The molecule has 0 spiro atoms. The zero-order valence-corrected chi connectivity index (χ0v) is 14.9. The monoisotopic (exact) mass is 390 g/mol. The lowest BCUT2D eigenvalue weighted by atomic mass is 10.0.